The number of aromatic nitrogens is 1. The van der Waals surface area contributed by atoms with Crippen LogP contribution in [0.15, 0.2) is 40.7 Å². The van der Waals surface area contributed by atoms with Crippen LogP contribution in [0.25, 0.3) is 0 Å². The van der Waals surface area contributed by atoms with Crippen molar-refractivity contribution in [2.24, 2.45) is 10.2 Å². The van der Waals surface area contributed by atoms with E-state index in [0.29, 0.717) is 11.4 Å². The summed E-state index contributed by atoms with van der Waals surface area (Å²) in [5.74, 6) is 0. The van der Waals surface area contributed by atoms with Crippen molar-refractivity contribution in [3.8, 4) is 0 Å². The smallest absolute Gasteiger partial charge is 0.345 e. The minimum atomic E-state index is -0.514. The second-order valence-electron chi connectivity index (χ2n) is 3.03. The van der Waals surface area contributed by atoms with Crippen LogP contribution in [0.2, 0.25) is 0 Å². The molecule has 0 aliphatic heterocycles. The highest BCUT2D eigenvalue weighted by Crippen LogP contribution is 2.28. The maximum atomic E-state index is 10.4. The molecule has 2 N–H and O–H groups in total. The molecule has 2 aromatic rings. The standard InChI is InChI=1S/C9H7N5O2S/c10-6-1-3-7(4-2-6)12-13-9-11-5-8(17-9)14(15)16/h1-5H,10H2/b13-12+. The van der Waals surface area contributed by atoms with Gasteiger partial charge >= 0.3 is 5.00 Å². The van der Waals surface area contributed by atoms with Crippen molar-refractivity contribution in [3.63, 3.8) is 0 Å². The molecule has 0 saturated carbocycles. The number of nitro groups is 1. The number of nitrogens with two attached hydrogens (primary N) is 1. The molecule has 0 aliphatic rings. The molecule has 17 heavy (non-hydrogen) atoms. The normalized spacial score (nSPS) is 10.8. The number of rotatable bonds is 3. The van der Waals surface area contributed by atoms with Gasteiger partial charge in [0.1, 0.15) is 6.20 Å². The lowest BCUT2D eigenvalue weighted by atomic mass is 10.3. The highest BCUT2D eigenvalue weighted by molar-refractivity contribution is 7.18. The topological polar surface area (TPSA) is 107 Å². The lowest BCUT2D eigenvalue weighted by Crippen LogP contribution is -1.80. The third kappa shape index (κ3) is 2.82. The van der Waals surface area contributed by atoms with Crippen molar-refractivity contribution in [2.45, 2.75) is 0 Å². The van der Waals surface area contributed by atoms with Gasteiger partial charge in [-0.1, -0.05) is 0 Å². The number of benzene rings is 1. The number of thiazole rings is 1. The highest BCUT2D eigenvalue weighted by atomic mass is 32.1. The molecule has 0 amide bonds. The van der Waals surface area contributed by atoms with Gasteiger partial charge in [-0.25, -0.2) is 4.98 Å². The summed E-state index contributed by atoms with van der Waals surface area (Å²) in [7, 11) is 0. The maximum absolute atomic E-state index is 10.4. The van der Waals surface area contributed by atoms with Gasteiger partial charge in [-0.2, -0.15) is 0 Å². The van der Waals surface area contributed by atoms with Crippen LogP contribution < -0.4 is 5.73 Å². The quantitative estimate of drug-likeness (QED) is 0.390. The first kappa shape index (κ1) is 11.1. The van der Waals surface area contributed by atoms with Crippen molar-refractivity contribution >= 4 is 32.8 Å². The maximum Gasteiger partial charge on any atom is 0.345 e. The Morgan fingerprint density at radius 1 is 1.29 bits per heavy atom. The van der Waals surface area contributed by atoms with Crippen molar-refractivity contribution in [3.05, 3.63) is 40.6 Å². The molecule has 1 aromatic heterocycles. The Morgan fingerprint density at radius 2 is 2.00 bits per heavy atom. The Balaban J connectivity index is 2.14. The van der Waals surface area contributed by atoms with E-state index in [1.54, 1.807) is 24.3 Å². The first-order valence-corrected chi connectivity index (χ1v) is 5.34. The molecule has 0 saturated heterocycles. The first-order chi connectivity index (χ1) is 8.15. The molecule has 0 radical (unpaired) electrons. The van der Waals surface area contributed by atoms with E-state index in [9.17, 15) is 10.1 Å². The molecule has 0 spiro atoms. The molecular weight excluding hydrogens is 242 g/mol. The fraction of sp³-hybridized carbons (Fsp3) is 0. The van der Waals surface area contributed by atoms with Crippen LogP contribution in [0.4, 0.5) is 21.5 Å². The molecule has 8 heteroatoms. The minimum Gasteiger partial charge on any atom is -0.399 e. The molecule has 86 valence electrons. The number of anilines is 1. The zero-order valence-corrected chi connectivity index (χ0v) is 9.29. The third-order valence-electron chi connectivity index (χ3n) is 1.81. The number of nitrogens with zero attached hydrogens (tertiary/aromatic N) is 4. The molecule has 0 unspecified atom stereocenters. The monoisotopic (exact) mass is 249 g/mol. The Morgan fingerprint density at radius 3 is 2.59 bits per heavy atom. The molecule has 7 nitrogen and oxygen atoms in total. The Labute approximate surface area is 99.8 Å². The van der Waals surface area contributed by atoms with Gasteiger partial charge < -0.3 is 5.73 Å². The molecular formula is C9H7N5O2S. The Hall–Kier alpha value is -2.35. The summed E-state index contributed by atoms with van der Waals surface area (Å²) < 4.78 is 0. The Bertz CT molecular complexity index is 563. The first-order valence-electron chi connectivity index (χ1n) is 4.52. The van der Waals surface area contributed by atoms with E-state index in [1.165, 1.54) is 0 Å². The van der Waals surface area contributed by atoms with Gasteiger partial charge in [0.2, 0.25) is 5.13 Å². The van der Waals surface area contributed by atoms with E-state index in [4.69, 9.17) is 5.73 Å². The summed E-state index contributed by atoms with van der Waals surface area (Å²) in [6.45, 7) is 0. The van der Waals surface area contributed by atoms with E-state index in [0.717, 1.165) is 17.5 Å². The van der Waals surface area contributed by atoms with E-state index < -0.39 is 4.92 Å². The van der Waals surface area contributed by atoms with Crippen molar-refractivity contribution in [2.75, 3.05) is 5.73 Å². The van der Waals surface area contributed by atoms with Gasteiger partial charge in [0, 0.05) is 5.69 Å². The molecule has 0 fully saturated rings. The van der Waals surface area contributed by atoms with Crippen LogP contribution in [0.1, 0.15) is 0 Å². The van der Waals surface area contributed by atoms with Gasteiger partial charge in [0.25, 0.3) is 0 Å². The Kier molecular flexibility index (Phi) is 3.06. The fourth-order valence-corrected chi connectivity index (χ4v) is 1.58. The van der Waals surface area contributed by atoms with Gasteiger partial charge in [-0.15, -0.1) is 10.2 Å². The van der Waals surface area contributed by atoms with Crippen LogP contribution in [0, 0.1) is 10.1 Å². The van der Waals surface area contributed by atoms with Gasteiger partial charge in [-0.05, 0) is 35.6 Å². The van der Waals surface area contributed by atoms with Crippen molar-refractivity contribution < 1.29 is 4.92 Å². The van der Waals surface area contributed by atoms with E-state index >= 15 is 0 Å². The number of nitrogen functional groups attached to an aromatic ring is 1. The number of hydrogen-bond acceptors (Lipinski definition) is 7. The highest BCUT2D eigenvalue weighted by Gasteiger charge is 2.10. The van der Waals surface area contributed by atoms with Crippen LogP contribution in [-0.4, -0.2) is 9.91 Å². The second kappa shape index (κ2) is 4.66. The molecule has 1 heterocycles. The summed E-state index contributed by atoms with van der Waals surface area (Å²) in [5.41, 5.74) is 6.75. The predicted octanol–water partition coefficient (Wildman–Crippen LogP) is 3.05. The third-order valence-corrected chi connectivity index (χ3v) is 2.64. The van der Waals surface area contributed by atoms with Crippen LogP contribution in [0.5, 0.6) is 0 Å². The molecule has 0 bridgehead atoms. The van der Waals surface area contributed by atoms with Crippen LogP contribution >= 0.6 is 11.3 Å². The van der Waals surface area contributed by atoms with E-state index in [1.807, 2.05) is 0 Å². The van der Waals surface area contributed by atoms with E-state index in [2.05, 4.69) is 15.2 Å². The zero-order valence-electron chi connectivity index (χ0n) is 8.48. The van der Waals surface area contributed by atoms with Crippen molar-refractivity contribution in [1.29, 1.82) is 0 Å². The largest absolute Gasteiger partial charge is 0.399 e. The molecule has 2 rings (SSSR count). The van der Waals surface area contributed by atoms with Crippen LogP contribution in [-0.2, 0) is 0 Å². The van der Waals surface area contributed by atoms with Crippen LogP contribution in [0.3, 0.4) is 0 Å². The average Bonchev–Trinajstić information content (AvgIpc) is 2.77. The molecule has 0 atom stereocenters. The predicted molar refractivity (Wildman–Crippen MR) is 63.8 cm³/mol. The van der Waals surface area contributed by atoms with Crippen molar-refractivity contribution in [1.82, 2.24) is 4.98 Å². The summed E-state index contributed by atoms with van der Waals surface area (Å²) >= 11 is 0.868. The summed E-state index contributed by atoms with van der Waals surface area (Å²) in [6, 6.07) is 6.78. The number of azo groups is 1. The molecule has 0 aliphatic carbocycles. The van der Waals surface area contributed by atoms with E-state index in [-0.39, 0.29) is 10.1 Å². The lowest BCUT2D eigenvalue weighted by Gasteiger charge is -1.92. The zero-order chi connectivity index (χ0) is 12.3. The number of hydrogen-bond donors (Lipinski definition) is 1. The average molecular weight is 249 g/mol. The van der Waals surface area contributed by atoms with Gasteiger partial charge in [0.15, 0.2) is 0 Å². The summed E-state index contributed by atoms with van der Waals surface area (Å²) in [6.07, 6.45) is 1.15. The fourth-order valence-electron chi connectivity index (χ4n) is 1.03. The molecule has 1 aromatic carbocycles. The van der Waals surface area contributed by atoms with Gasteiger partial charge in [-0.3, -0.25) is 10.1 Å². The summed E-state index contributed by atoms with van der Waals surface area (Å²) in [4.78, 5) is 13.7. The minimum absolute atomic E-state index is 0.0590. The SMILES string of the molecule is Nc1ccc(/N=N/c2ncc([N+](=O)[O-])s2)cc1. The van der Waals surface area contributed by atoms with Gasteiger partial charge in [0.05, 0.1) is 10.6 Å². The summed E-state index contributed by atoms with van der Waals surface area (Å²) in [5, 5.41) is 18.3. The second-order valence-corrected chi connectivity index (χ2v) is 4.02. The lowest BCUT2D eigenvalue weighted by molar-refractivity contribution is -0.380.